The standard InChI is InChI=1S/C40H71NO7/c1-6-8-10-12-14-15-16-17-18-19-20-21-22-23-25-27-29-31-39(43)48-36(34-46-33-32-37(40(44)45)41(3,4)5)35-47-38(42)30-28-26-24-13-11-9-7-2/h9,11,17-18,24,26,36-37H,6-8,10,12-16,19-23,25,27-35H2,1-5H3/p+1/b11-9+,18-17+,26-24+. The first-order valence-electron chi connectivity index (χ1n) is 19.0. The van der Waals surface area contributed by atoms with Gasteiger partial charge in [-0.05, 0) is 51.4 Å². The number of unbranched alkanes of at least 4 members (excludes halogenated alkanes) is 13. The van der Waals surface area contributed by atoms with Crippen LogP contribution in [0.2, 0.25) is 0 Å². The van der Waals surface area contributed by atoms with Crippen molar-refractivity contribution in [2.75, 3.05) is 41.0 Å². The number of carbonyl (C=O) groups excluding carboxylic acids is 2. The summed E-state index contributed by atoms with van der Waals surface area (Å²) in [7, 11) is 5.49. The van der Waals surface area contributed by atoms with Crippen LogP contribution in [0.3, 0.4) is 0 Å². The fourth-order valence-corrected chi connectivity index (χ4v) is 5.32. The zero-order valence-corrected chi connectivity index (χ0v) is 31.4. The molecule has 0 aromatic carbocycles. The van der Waals surface area contributed by atoms with Gasteiger partial charge in [-0.25, -0.2) is 4.79 Å². The normalized spacial score (nSPS) is 13.4. The zero-order valence-electron chi connectivity index (χ0n) is 31.4. The van der Waals surface area contributed by atoms with E-state index in [1.54, 1.807) is 0 Å². The molecule has 0 rings (SSSR count). The summed E-state index contributed by atoms with van der Waals surface area (Å²) < 4.78 is 17.1. The molecule has 0 aliphatic rings. The molecule has 278 valence electrons. The monoisotopic (exact) mass is 679 g/mol. The molecule has 0 fully saturated rings. The highest BCUT2D eigenvalue weighted by Gasteiger charge is 2.31. The third kappa shape index (κ3) is 29.7. The summed E-state index contributed by atoms with van der Waals surface area (Å²) in [5.74, 6) is -1.57. The van der Waals surface area contributed by atoms with Crippen molar-refractivity contribution in [3.8, 4) is 0 Å². The van der Waals surface area contributed by atoms with E-state index >= 15 is 0 Å². The summed E-state index contributed by atoms with van der Waals surface area (Å²) in [6, 6.07) is -0.620. The summed E-state index contributed by atoms with van der Waals surface area (Å²) >= 11 is 0. The van der Waals surface area contributed by atoms with Crippen molar-refractivity contribution in [1.82, 2.24) is 0 Å². The van der Waals surface area contributed by atoms with Crippen LogP contribution < -0.4 is 0 Å². The number of hydrogen-bond donors (Lipinski definition) is 1. The minimum atomic E-state index is -0.885. The topological polar surface area (TPSA) is 99.1 Å². The minimum absolute atomic E-state index is 0.0421. The Labute approximate surface area is 293 Å². The van der Waals surface area contributed by atoms with Gasteiger partial charge in [0.05, 0.1) is 34.4 Å². The fourth-order valence-electron chi connectivity index (χ4n) is 5.32. The lowest BCUT2D eigenvalue weighted by molar-refractivity contribution is -0.887. The van der Waals surface area contributed by atoms with Crippen LogP contribution >= 0.6 is 0 Å². The molecule has 2 atom stereocenters. The van der Waals surface area contributed by atoms with Crippen molar-refractivity contribution in [2.24, 2.45) is 0 Å². The number of likely N-dealkylation sites (N-methyl/N-ethyl adjacent to an activating group) is 1. The number of nitrogens with zero attached hydrogens (tertiary/aromatic N) is 1. The van der Waals surface area contributed by atoms with Crippen LogP contribution in [0.4, 0.5) is 0 Å². The number of carboxylic acid groups (broad SMARTS) is 1. The molecule has 0 radical (unpaired) electrons. The van der Waals surface area contributed by atoms with Gasteiger partial charge in [-0.1, -0.05) is 115 Å². The Hall–Kier alpha value is -2.45. The summed E-state index contributed by atoms with van der Waals surface area (Å²) in [4.78, 5) is 36.6. The molecule has 8 nitrogen and oxygen atoms in total. The molecule has 0 aromatic heterocycles. The molecular formula is C40H72NO7+. The maximum Gasteiger partial charge on any atom is 0.362 e. The number of esters is 2. The number of carboxylic acids is 1. The van der Waals surface area contributed by atoms with Crippen LogP contribution in [0, 0.1) is 0 Å². The van der Waals surface area contributed by atoms with Crippen molar-refractivity contribution in [2.45, 2.75) is 161 Å². The third-order valence-corrected chi connectivity index (χ3v) is 8.29. The summed E-state index contributed by atoms with van der Waals surface area (Å²) in [6.45, 7) is 4.50. The van der Waals surface area contributed by atoms with Gasteiger partial charge >= 0.3 is 17.9 Å². The summed E-state index contributed by atoms with van der Waals surface area (Å²) in [5.41, 5.74) is 0. The predicted octanol–water partition coefficient (Wildman–Crippen LogP) is 9.52. The van der Waals surface area contributed by atoms with Gasteiger partial charge in [0.2, 0.25) is 0 Å². The fraction of sp³-hybridized carbons (Fsp3) is 0.775. The largest absolute Gasteiger partial charge is 0.477 e. The molecule has 8 heteroatoms. The summed E-state index contributed by atoms with van der Waals surface area (Å²) in [6.07, 6.45) is 33.7. The van der Waals surface area contributed by atoms with Gasteiger partial charge in [-0.2, -0.15) is 0 Å². The Balaban J connectivity index is 4.36. The zero-order chi connectivity index (χ0) is 35.7. The number of aliphatic carboxylic acids is 1. The number of carbonyl (C=O) groups is 3. The Morgan fingerprint density at radius 1 is 0.646 bits per heavy atom. The predicted molar refractivity (Wildman–Crippen MR) is 197 cm³/mol. The van der Waals surface area contributed by atoms with Gasteiger partial charge in [-0.15, -0.1) is 0 Å². The van der Waals surface area contributed by atoms with Crippen LogP contribution in [0.1, 0.15) is 149 Å². The molecule has 0 saturated heterocycles. The maximum absolute atomic E-state index is 12.6. The number of allylic oxidation sites excluding steroid dienone is 6. The first-order valence-corrected chi connectivity index (χ1v) is 19.0. The van der Waals surface area contributed by atoms with Gasteiger partial charge in [0.15, 0.2) is 12.1 Å². The Morgan fingerprint density at radius 2 is 1.21 bits per heavy atom. The molecule has 0 heterocycles. The van der Waals surface area contributed by atoms with Crippen LogP contribution in [0.5, 0.6) is 0 Å². The van der Waals surface area contributed by atoms with Gasteiger partial charge in [-0.3, -0.25) is 9.59 Å². The number of rotatable bonds is 33. The highest BCUT2D eigenvalue weighted by Crippen LogP contribution is 2.13. The average Bonchev–Trinajstić information content (AvgIpc) is 3.03. The lowest BCUT2D eigenvalue weighted by atomic mass is 10.1. The Kier molecular flexibility index (Phi) is 30.2. The quantitative estimate of drug-likeness (QED) is 0.0319. The molecule has 0 aliphatic heterocycles. The van der Waals surface area contributed by atoms with E-state index in [0.717, 1.165) is 32.1 Å². The smallest absolute Gasteiger partial charge is 0.362 e. The van der Waals surface area contributed by atoms with E-state index in [1.165, 1.54) is 77.0 Å². The second-order valence-electron chi connectivity index (χ2n) is 13.8. The molecule has 0 spiro atoms. The van der Waals surface area contributed by atoms with E-state index < -0.39 is 18.1 Å². The van der Waals surface area contributed by atoms with E-state index in [-0.39, 0.29) is 42.7 Å². The van der Waals surface area contributed by atoms with Crippen molar-refractivity contribution in [3.63, 3.8) is 0 Å². The molecule has 0 saturated carbocycles. The van der Waals surface area contributed by atoms with E-state index in [2.05, 4.69) is 38.2 Å². The van der Waals surface area contributed by atoms with Crippen molar-refractivity contribution in [1.29, 1.82) is 0 Å². The lowest BCUT2D eigenvalue weighted by Gasteiger charge is -2.31. The molecule has 2 unspecified atom stereocenters. The van der Waals surface area contributed by atoms with Crippen molar-refractivity contribution in [3.05, 3.63) is 36.5 Å². The van der Waals surface area contributed by atoms with Crippen LogP contribution in [-0.2, 0) is 28.6 Å². The van der Waals surface area contributed by atoms with E-state index in [9.17, 15) is 19.5 Å². The third-order valence-electron chi connectivity index (χ3n) is 8.29. The second-order valence-corrected chi connectivity index (χ2v) is 13.8. The molecule has 0 aliphatic carbocycles. The molecule has 0 aromatic rings. The van der Waals surface area contributed by atoms with Gasteiger partial charge in [0.1, 0.15) is 6.61 Å². The number of hydrogen-bond acceptors (Lipinski definition) is 6. The second kappa shape index (κ2) is 31.8. The molecule has 1 N–H and O–H groups in total. The molecule has 0 bridgehead atoms. The molecule has 0 amide bonds. The van der Waals surface area contributed by atoms with Crippen molar-refractivity contribution < 1.29 is 38.2 Å². The average molecular weight is 679 g/mol. The highest BCUT2D eigenvalue weighted by molar-refractivity contribution is 5.72. The van der Waals surface area contributed by atoms with Gasteiger partial charge < -0.3 is 23.8 Å². The SMILES string of the molecule is CC/C=C/C/C=C/CCC(=O)OCC(COCCC(C(=O)O)[N+](C)(C)C)OC(=O)CCCCCCCCC/C=C/CCCCCCCC. The maximum atomic E-state index is 12.6. The first kappa shape index (κ1) is 45.6. The van der Waals surface area contributed by atoms with E-state index in [4.69, 9.17) is 14.2 Å². The van der Waals surface area contributed by atoms with E-state index in [0.29, 0.717) is 19.3 Å². The van der Waals surface area contributed by atoms with Crippen LogP contribution in [0.25, 0.3) is 0 Å². The van der Waals surface area contributed by atoms with E-state index in [1.807, 2.05) is 33.3 Å². The van der Waals surface area contributed by atoms with Gasteiger partial charge in [0, 0.05) is 19.3 Å². The number of ether oxygens (including phenoxy) is 3. The minimum Gasteiger partial charge on any atom is -0.477 e. The molecular weight excluding hydrogens is 606 g/mol. The van der Waals surface area contributed by atoms with Crippen LogP contribution in [0.15, 0.2) is 36.5 Å². The first-order chi connectivity index (χ1) is 23.1. The Bertz CT molecular complexity index is 891. The Morgan fingerprint density at radius 3 is 1.79 bits per heavy atom. The molecule has 48 heavy (non-hydrogen) atoms. The highest BCUT2D eigenvalue weighted by atomic mass is 16.6. The van der Waals surface area contributed by atoms with Crippen LogP contribution in [-0.4, -0.2) is 80.6 Å². The van der Waals surface area contributed by atoms with Gasteiger partial charge in [0.25, 0.3) is 0 Å². The lowest BCUT2D eigenvalue weighted by Crippen LogP contribution is -2.50. The summed E-state index contributed by atoms with van der Waals surface area (Å²) in [5, 5.41) is 9.56. The number of quaternary nitrogens is 1. The van der Waals surface area contributed by atoms with Crippen molar-refractivity contribution >= 4 is 17.9 Å².